The van der Waals surface area contributed by atoms with Crippen LogP contribution >= 0.6 is 0 Å². The molecule has 0 radical (unpaired) electrons. The zero-order chi connectivity index (χ0) is 17.2. The number of hydrogen-bond acceptors (Lipinski definition) is 6. The molecule has 0 aromatic carbocycles. The number of hydrogen-bond donors (Lipinski definition) is 0. The van der Waals surface area contributed by atoms with E-state index in [9.17, 15) is 8.42 Å². The minimum Gasteiger partial charge on any atom is -0.377 e. The highest BCUT2D eigenvalue weighted by Gasteiger charge is 2.44. The molecule has 0 aliphatic carbocycles. The van der Waals surface area contributed by atoms with E-state index >= 15 is 0 Å². The lowest BCUT2D eigenvalue weighted by Gasteiger charge is -2.42. The van der Waals surface area contributed by atoms with Crippen molar-refractivity contribution < 1.29 is 17.9 Å². The van der Waals surface area contributed by atoms with Crippen LogP contribution in [0.4, 0.5) is 0 Å². The highest BCUT2D eigenvalue weighted by Crippen LogP contribution is 2.26. The maximum absolute atomic E-state index is 12.8. The van der Waals surface area contributed by atoms with Crippen molar-refractivity contribution in [2.24, 2.45) is 7.05 Å². The molecule has 2 aliphatic rings. The molecule has 1 spiro atoms. The molecule has 9 heteroatoms. The van der Waals surface area contributed by atoms with Crippen LogP contribution in [0.1, 0.15) is 0 Å². The van der Waals surface area contributed by atoms with Crippen LogP contribution in [0, 0.1) is 0 Å². The fourth-order valence-corrected chi connectivity index (χ4v) is 4.64. The smallest absolute Gasteiger partial charge is 0.262 e. The maximum Gasteiger partial charge on any atom is 0.262 e. The van der Waals surface area contributed by atoms with E-state index < -0.39 is 15.6 Å². The van der Waals surface area contributed by atoms with Crippen LogP contribution in [0.15, 0.2) is 30.2 Å². The Bertz CT molecular complexity index is 689. The molecule has 0 saturated carbocycles. The van der Waals surface area contributed by atoms with Gasteiger partial charge in [0.1, 0.15) is 5.60 Å². The van der Waals surface area contributed by atoms with Crippen molar-refractivity contribution in [1.82, 2.24) is 18.8 Å². The molecule has 0 amide bonds. The zero-order valence-corrected chi connectivity index (χ0v) is 14.7. The lowest BCUT2D eigenvalue weighted by molar-refractivity contribution is -0.125. The van der Waals surface area contributed by atoms with Crippen LogP contribution in [0.3, 0.4) is 0 Å². The third-order valence-electron chi connectivity index (χ3n) is 4.31. The Labute approximate surface area is 142 Å². The van der Waals surface area contributed by atoms with E-state index in [4.69, 9.17) is 9.47 Å². The zero-order valence-electron chi connectivity index (χ0n) is 13.9. The minimum absolute atomic E-state index is 0.0690. The summed E-state index contributed by atoms with van der Waals surface area (Å²) in [5.74, 6) is 0. The van der Waals surface area contributed by atoms with Gasteiger partial charge in [-0.3, -0.25) is 4.90 Å². The topological polar surface area (TPSA) is 76.9 Å². The van der Waals surface area contributed by atoms with Crippen LogP contribution < -0.4 is 0 Å². The van der Waals surface area contributed by atoms with Gasteiger partial charge in [0.05, 0.1) is 26.1 Å². The normalized spacial score (nSPS) is 27.2. The van der Waals surface area contributed by atoms with E-state index in [1.54, 1.807) is 11.6 Å². The number of rotatable bonds is 4. The van der Waals surface area contributed by atoms with Crippen molar-refractivity contribution in [1.29, 1.82) is 0 Å². The summed E-state index contributed by atoms with van der Waals surface area (Å²) in [6.07, 6.45) is 4.85. The Morgan fingerprint density at radius 2 is 2.21 bits per heavy atom. The second-order valence-electron chi connectivity index (χ2n) is 6.32. The monoisotopic (exact) mass is 356 g/mol. The lowest BCUT2D eigenvalue weighted by Crippen LogP contribution is -2.59. The number of ether oxygens (including phenoxy) is 2. The number of aryl methyl sites for hydroxylation is 1. The molecule has 2 saturated heterocycles. The number of nitrogens with zero attached hydrogens (tertiary/aromatic N) is 4. The van der Waals surface area contributed by atoms with Crippen molar-refractivity contribution in [3.05, 3.63) is 25.2 Å². The Hall–Kier alpha value is -1.26. The highest BCUT2D eigenvalue weighted by molar-refractivity contribution is 7.89. The first-order valence-electron chi connectivity index (χ1n) is 7.98. The van der Waals surface area contributed by atoms with Gasteiger partial charge in [-0.2, -0.15) is 4.31 Å². The second-order valence-corrected chi connectivity index (χ2v) is 8.21. The fourth-order valence-electron chi connectivity index (χ4n) is 3.17. The van der Waals surface area contributed by atoms with Crippen molar-refractivity contribution in [2.75, 3.05) is 52.5 Å². The highest BCUT2D eigenvalue weighted by atomic mass is 32.2. The van der Waals surface area contributed by atoms with E-state index in [0.717, 1.165) is 13.1 Å². The quantitative estimate of drug-likeness (QED) is 0.690. The number of sulfonamides is 1. The number of imidazole rings is 1. The van der Waals surface area contributed by atoms with Crippen molar-refractivity contribution >= 4 is 10.0 Å². The summed E-state index contributed by atoms with van der Waals surface area (Å²) in [4.78, 5) is 6.17. The van der Waals surface area contributed by atoms with E-state index in [1.165, 1.54) is 16.8 Å². The molecular weight excluding hydrogens is 332 g/mol. The van der Waals surface area contributed by atoms with Gasteiger partial charge in [0.2, 0.25) is 0 Å². The third kappa shape index (κ3) is 3.55. The summed E-state index contributed by atoms with van der Waals surface area (Å²) < 4.78 is 40.5. The first kappa shape index (κ1) is 17.6. The first-order chi connectivity index (χ1) is 11.5. The van der Waals surface area contributed by atoms with Gasteiger partial charge in [-0.05, 0) is 0 Å². The molecule has 0 bridgehead atoms. The second kappa shape index (κ2) is 6.93. The van der Waals surface area contributed by atoms with Crippen molar-refractivity contribution in [3.63, 3.8) is 0 Å². The fraction of sp³-hybridized carbons (Fsp3) is 0.667. The molecule has 134 valence electrons. The molecule has 2 aliphatic heterocycles. The lowest BCUT2D eigenvalue weighted by atomic mass is 10.0. The average molecular weight is 356 g/mol. The molecule has 1 unspecified atom stereocenters. The van der Waals surface area contributed by atoms with Gasteiger partial charge in [0.15, 0.2) is 5.03 Å². The predicted molar refractivity (Wildman–Crippen MR) is 88.1 cm³/mol. The van der Waals surface area contributed by atoms with Gasteiger partial charge >= 0.3 is 0 Å². The Morgan fingerprint density at radius 1 is 1.38 bits per heavy atom. The summed E-state index contributed by atoms with van der Waals surface area (Å²) in [7, 11) is -1.88. The standard InChI is InChI=1S/C15H24N4O4S/c1-3-4-18-5-7-22-12-15(10-18)11-19(6-8-23-15)24(20,21)14-9-17(2)13-16-14/h3,9,13H,1,4-8,10-12H2,2H3. The molecule has 1 atom stereocenters. The number of morpholine rings is 1. The van der Waals surface area contributed by atoms with Gasteiger partial charge in [-0.15, -0.1) is 6.58 Å². The maximum atomic E-state index is 12.8. The molecule has 0 N–H and O–H groups in total. The average Bonchev–Trinajstić information content (AvgIpc) is 2.90. The van der Waals surface area contributed by atoms with E-state index in [0.29, 0.717) is 32.9 Å². The molecule has 3 heterocycles. The van der Waals surface area contributed by atoms with Crippen molar-refractivity contribution in [2.45, 2.75) is 10.6 Å². The molecule has 1 aromatic heterocycles. The molecule has 8 nitrogen and oxygen atoms in total. The van der Waals surface area contributed by atoms with Crippen LogP contribution in [0.25, 0.3) is 0 Å². The summed E-state index contributed by atoms with van der Waals surface area (Å²) >= 11 is 0. The van der Waals surface area contributed by atoms with Crippen LogP contribution in [-0.2, 0) is 26.5 Å². The SMILES string of the molecule is C=CCN1CCOCC2(C1)CN(S(=O)(=O)c1cn(C)cn1)CCO2. The van der Waals surface area contributed by atoms with Gasteiger partial charge in [-0.25, -0.2) is 13.4 Å². The minimum atomic E-state index is -3.63. The summed E-state index contributed by atoms with van der Waals surface area (Å²) in [5.41, 5.74) is -0.653. The first-order valence-corrected chi connectivity index (χ1v) is 9.42. The van der Waals surface area contributed by atoms with E-state index in [1.807, 2.05) is 6.08 Å². The van der Waals surface area contributed by atoms with E-state index in [2.05, 4.69) is 16.5 Å². The predicted octanol–water partition coefficient (Wildman–Crippen LogP) is -0.302. The summed E-state index contributed by atoms with van der Waals surface area (Å²) in [5, 5.41) is 0.0690. The van der Waals surface area contributed by atoms with Crippen LogP contribution in [0.5, 0.6) is 0 Å². The van der Waals surface area contributed by atoms with Crippen LogP contribution in [0.2, 0.25) is 0 Å². The largest absolute Gasteiger partial charge is 0.377 e. The molecular formula is C15H24N4O4S. The van der Waals surface area contributed by atoms with Gasteiger partial charge < -0.3 is 14.0 Å². The molecule has 2 fully saturated rings. The summed E-state index contributed by atoms with van der Waals surface area (Å²) in [6, 6.07) is 0. The Balaban J connectivity index is 1.81. The molecule has 3 rings (SSSR count). The van der Waals surface area contributed by atoms with E-state index in [-0.39, 0.29) is 11.6 Å². The Kier molecular flexibility index (Phi) is 5.07. The molecule has 1 aromatic rings. The van der Waals surface area contributed by atoms with Gasteiger partial charge in [0, 0.05) is 46.0 Å². The van der Waals surface area contributed by atoms with Gasteiger partial charge in [-0.1, -0.05) is 6.08 Å². The summed E-state index contributed by atoms with van der Waals surface area (Å²) in [6.45, 7) is 7.82. The van der Waals surface area contributed by atoms with Crippen molar-refractivity contribution in [3.8, 4) is 0 Å². The van der Waals surface area contributed by atoms with Gasteiger partial charge in [0.25, 0.3) is 10.0 Å². The molecule has 24 heavy (non-hydrogen) atoms. The number of aromatic nitrogens is 2. The Morgan fingerprint density at radius 3 is 2.92 bits per heavy atom. The third-order valence-corrected chi connectivity index (χ3v) is 6.05. The van der Waals surface area contributed by atoms with Crippen LogP contribution in [-0.4, -0.2) is 85.3 Å².